The first-order valence-electron chi connectivity index (χ1n) is 7.85. The van der Waals surface area contributed by atoms with E-state index in [0.29, 0.717) is 16.9 Å². The van der Waals surface area contributed by atoms with Crippen molar-refractivity contribution in [1.82, 2.24) is 14.3 Å². The lowest BCUT2D eigenvalue weighted by Crippen LogP contribution is -2.19. The first-order chi connectivity index (χ1) is 12.4. The second-order valence-corrected chi connectivity index (χ2v) is 5.96. The zero-order valence-electron chi connectivity index (χ0n) is 13.6. The summed E-state index contributed by atoms with van der Waals surface area (Å²) in [6.07, 6.45) is -4.39. The molecular formula is C17H13F3N4O2. The van der Waals surface area contributed by atoms with E-state index in [4.69, 9.17) is 9.84 Å². The zero-order chi connectivity index (χ0) is 18.6. The van der Waals surface area contributed by atoms with Gasteiger partial charge in [0, 0.05) is 31.7 Å². The summed E-state index contributed by atoms with van der Waals surface area (Å²) in [5.41, 5.74) is 1.63. The van der Waals surface area contributed by atoms with Crippen molar-refractivity contribution >= 4 is 11.0 Å². The third-order valence-corrected chi connectivity index (χ3v) is 4.41. The minimum Gasteiger partial charge on any atom is -0.493 e. The lowest BCUT2D eigenvalue weighted by atomic mass is 10.0. The SMILES string of the molecule is Cn1c2cc3nc(C#N)c2n1-c1cc(OCCCO)c(C(F)(F)F)cc1-3. The highest BCUT2D eigenvalue weighted by Gasteiger charge is 2.37. The molecule has 0 fully saturated rings. The van der Waals surface area contributed by atoms with Crippen LogP contribution in [0.25, 0.3) is 28.0 Å². The van der Waals surface area contributed by atoms with E-state index in [1.807, 2.05) is 6.07 Å². The maximum atomic E-state index is 13.5. The number of fused-ring (bicyclic) bond motifs is 1. The Morgan fingerprint density at radius 2 is 2.08 bits per heavy atom. The summed E-state index contributed by atoms with van der Waals surface area (Å²) in [5, 5.41) is 18.2. The van der Waals surface area contributed by atoms with Crippen molar-refractivity contribution in [3.05, 3.63) is 29.5 Å². The summed E-state index contributed by atoms with van der Waals surface area (Å²) >= 11 is 0. The van der Waals surface area contributed by atoms with E-state index in [1.54, 1.807) is 22.5 Å². The zero-order valence-corrected chi connectivity index (χ0v) is 13.6. The molecule has 3 aromatic rings. The van der Waals surface area contributed by atoms with Crippen molar-refractivity contribution in [3.63, 3.8) is 0 Å². The Bertz CT molecular complexity index is 1070. The minimum atomic E-state index is -4.61. The van der Waals surface area contributed by atoms with Gasteiger partial charge in [-0.2, -0.15) is 18.4 Å². The highest BCUT2D eigenvalue weighted by Crippen LogP contribution is 2.45. The molecule has 9 heteroatoms. The average Bonchev–Trinajstić information content (AvgIpc) is 2.86. The molecule has 4 heterocycles. The van der Waals surface area contributed by atoms with E-state index in [9.17, 15) is 18.4 Å². The Balaban J connectivity index is 1.97. The molecule has 0 saturated carbocycles. The lowest BCUT2D eigenvalue weighted by Gasteiger charge is -2.23. The molecule has 0 aliphatic carbocycles. The van der Waals surface area contributed by atoms with Crippen molar-refractivity contribution in [2.45, 2.75) is 12.6 Å². The van der Waals surface area contributed by atoms with Gasteiger partial charge >= 0.3 is 6.18 Å². The standard InChI is InChI=1S/C17H13F3N4O2/c1-23-14-6-11-9-5-10(17(18,19)20)15(26-4-2-3-25)7-13(9)24(23)16(14)12(8-21)22-11/h5-7,25H,2-4H2,1H3. The van der Waals surface area contributed by atoms with E-state index in [1.165, 1.54) is 6.07 Å². The Labute approximate surface area is 145 Å². The van der Waals surface area contributed by atoms with Crippen LogP contribution in [0.4, 0.5) is 13.2 Å². The van der Waals surface area contributed by atoms with E-state index in [-0.39, 0.29) is 36.6 Å². The fourth-order valence-corrected chi connectivity index (χ4v) is 3.23. The van der Waals surface area contributed by atoms with Gasteiger partial charge in [-0.15, -0.1) is 0 Å². The Morgan fingerprint density at radius 3 is 2.73 bits per heavy atom. The second-order valence-electron chi connectivity index (χ2n) is 5.96. The van der Waals surface area contributed by atoms with Crippen LogP contribution in [-0.4, -0.2) is 32.7 Å². The number of benzene rings is 1. The minimum absolute atomic E-state index is 0.0369. The van der Waals surface area contributed by atoms with Gasteiger partial charge in [0.15, 0.2) is 5.69 Å². The van der Waals surface area contributed by atoms with Gasteiger partial charge in [-0.1, -0.05) is 0 Å². The predicted molar refractivity (Wildman–Crippen MR) is 85.9 cm³/mol. The fourth-order valence-electron chi connectivity index (χ4n) is 3.23. The van der Waals surface area contributed by atoms with Crippen molar-refractivity contribution < 1.29 is 23.0 Å². The first kappa shape index (κ1) is 16.5. The van der Waals surface area contributed by atoms with Gasteiger partial charge < -0.3 is 9.84 Å². The normalized spacial score (nSPS) is 12.5. The smallest absolute Gasteiger partial charge is 0.419 e. The molecule has 4 bridgehead atoms. The number of rotatable bonds is 4. The van der Waals surface area contributed by atoms with Gasteiger partial charge in [0.25, 0.3) is 0 Å². The summed E-state index contributed by atoms with van der Waals surface area (Å²) < 4.78 is 49.3. The number of aliphatic hydroxyl groups excluding tert-OH is 1. The molecule has 6 nitrogen and oxygen atoms in total. The number of aromatic nitrogens is 3. The topological polar surface area (TPSA) is 76.0 Å². The predicted octanol–water partition coefficient (Wildman–Crippen LogP) is 3.00. The van der Waals surface area contributed by atoms with Crippen LogP contribution in [0.5, 0.6) is 5.75 Å². The molecular weight excluding hydrogens is 349 g/mol. The Morgan fingerprint density at radius 1 is 1.31 bits per heavy atom. The highest BCUT2D eigenvalue weighted by atomic mass is 19.4. The van der Waals surface area contributed by atoms with Crippen LogP contribution in [0.1, 0.15) is 17.7 Å². The molecule has 134 valence electrons. The highest BCUT2D eigenvalue weighted by molar-refractivity contribution is 5.93. The molecule has 26 heavy (non-hydrogen) atoms. The first-order valence-corrected chi connectivity index (χ1v) is 7.85. The van der Waals surface area contributed by atoms with Crippen molar-refractivity contribution in [2.75, 3.05) is 13.2 Å². The van der Waals surface area contributed by atoms with E-state index in [0.717, 1.165) is 11.6 Å². The van der Waals surface area contributed by atoms with Gasteiger partial charge in [0.05, 0.1) is 29.1 Å². The fraction of sp³-hybridized carbons (Fsp3) is 0.294. The number of pyridine rings is 1. The van der Waals surface area contributed by atoms with Crippen molar-refractivity contribution in [3.8, 4) is 28.8 Å². The number of aryl methyl sites for hydroxylation is 1. The summed E-state index contributed by atoms with van der Waals surface area (Å²) in [6.45, 7) is -0.214. The van der Waals surface area contributed by atoms with E-state index in [2.05, 4.69) is 4.98 Å². The van der Waals surface area contributed by atoms with Crippen LogP contribution in [0.3, 0.4) is 0 Å². The number of hydrogen-bond donors (Lipinski definition) is 1. The van der Waals surface area contributed by atoms with Crippen LogP contribution in [-0.2, 0) is 13.2 Å². The molecule has 2 aliphatic rings. The van der Waals surface area contributed by atoms with Crippen molar-refractivity contribution in [2.24, 2.45) is 7.05 Å². The van der Waals surface area contributed by atoms with E-state index < -0.39 is 11.7 Å². The molecule has 0 saturated heterocycles. The number of ether oxygens (including phenoxy) is 1. The monoisotopic (exact) mass is 362 g/mol. The number of hydrogen-bond acceptors (Lipinski definition) is 4. The van der Waals surface area contributed by atoms with Crippen LogP contribution in [0.15, 0.2) is 18.2 Å². The average molecular weight is 362 g/mol. The number of alkyl halides is 3. The summed E-state index contributed by atoms with van der Waals surface area (Å²) in [6, 6.07) is 5.99. The molecule has 1 N–H and O–H groups in total. The largest absolute Gasteiger partial charge is 0.493 e. The van der Waals surface area contributed by atoms with Gasteiger partial charge in [-0.3, -0.25) is 4.68 Å². The molecule has 1 aromatic carbocycles. The number of aliphatic hydroxyl groups is 1. The Hall–Kier alpha value is -2.99. The molecule has 5 rings (SSSR count). The third-order valence-electron chi connectivity index (χ3n) is 4.41. The third kappa shape index (κ3) is 2.19. The van der Waals surface area contributed by atoms with Crippen LogP contribution >= 0.6 is 0 Å². The lowest BCUT2D eigenvalue weighted by molar-refractivity contribution is -0.138. The maximum Gasteiger partial charge on any atom is 0.419 e. The van der Waals surface area contributed by atoms with Gasteiger partial charge in [-0.25, -0.2) is 9.67 Å². The molecule has 2 aliphatic heterocycles. The van der Waals surface area contributed by atoms with Crippen molar-refractivity contribution in [1.29, 1.82) is 5.26 Å². The molecule has 0 atom stereocenters. The van der Waals surface area contributed by atoms with Crippen LogP contribution in [0, 0.1) is 11.3 Å². The summed E-state index contributed by atoms with van der Waals surface area (Å²) in [5.74, 6) is -0.312. The molecule has 0 unspecified atom stereocenters. The quantitative estimate of drug-likeness (QED) is 0.566. The van der Waals surface area contributed by atoms with Crippen LogP contribution < -0.4 is 4.74 Å². The molecule has 0 radical (unpaired) electrons. The maximum absolute atomic E-state index is 13.5. The second kappa shape index (κ2) is 5.51. The van der Waals surface area contributed by atoms with Crippen LogP contribution in [0.2, 0.25) is 0 Å². The van der Waals surface area contributed by atoms with Gasteiger partial charge in [0.2, 0.25) is 0 Å². The van der Waals surface area contributed by atoms with Gasteiger partial charge in [0.1, 0.15) is 17.3 Å². The number of nitrogens with zero attached hydrogens (tertiary/aromatic N) is 4. The molecule has 2 aromatic heterocycles. The number of halogens is 3. The molecule has 0 amide bonds. The molecule has 0 spiro atoms. The van der Waals surface area contributed by atoms with Gasteiger partial charge in [-0.05, 0) is 12.1 Å². The summed E-state index contributed by atoms with van der Waals surface area (Å²) in [7, 11) is 1.76. The Kier molecular flexibility index (Phi) is 3.49. The van der Waals surface area contributed by atoms with E-state index >= 15 is 0 Å². The number of nitriles is 1. The summed E-state index contributed by atoms with van der Waals surface area (Å²) in [4.78, 5) is 4.20.